The SMILES string of the molecule is COC(=O)C(CC(C#N)CC(C)C(=O)O)CC(C)(CC(C)C(Cl)Cl)C(=O)OC. The lowest BCUT2D eigenvalue weighted by atomic mass is 9.73. The first kappa shape index (κ1) is 26.5. The van der Waals surface area contributed by atoms with Crippen molar-refractivity contribution in [2.24, 2.45) is 29.1 Å². The van der Waals surface area contributed by atoms with Gasteiger partial charge in [0.2, 0.25) is 0 Å². The molecule has 5 atom stereocenters. The van der Waals surface area contributed by atoms with E-state index in [9.17, 15) is 19.6 Å². The fraction of sp³-hybridized carbons (Fsp3) is 0.789. The molecule has 0 aromatic heterocycles. The van der Waals surface area contributed by atoms with Gasteiger partial charge in [0.15, 0.2) is 0 Å². The van der Waals surface area contributed by atoms with Crippen LogP contribution in [0.4, 0.5) is 0 Å². The molecule has 9 heteroatoms. The maximum atomic E-state index is 12.5. The molecule has 0 aliphatic heterocycles. The highest BCUT2D eigenvalue weighted by atomic mass is 35.5. The van der Waals surface area contributed by atoms with Gasteiger partial charge >= 0.3 is 17.9 Å². The van der Waals surface area contributed by atoms with Crippen LogP contribution in [0.2, 0.25) is 0 Å². The number of carboxylic acid groups (broad SMARTS) is 1. The summed E-state index contributed by atoms with van der Waals surface area (Å²) in [6.07, 6.45) is 0.507. The summed E-state index contributed by atoms with van der Waals surface area (Å²) < 4.78 is 9.77. The molecular weight excluding hydrogens is 409 g/mol. The minimum atomic E-state index is -1.08. The van der Waals surface area contributed by atoms with Crippen molar-refractivity contribution >= 4 is 41.1 Å². The second kappa shape index (κ2) is 12.1. The van der Waals surface area contributed by atoms with Gasteiger partial charge in [-0.2, -0.15) is 5.26 Å². The third-order valence-electron chi connectivity index (χ3n) is 4.92. The van der Waals surface area contributed by atoms with Gasteiger partial charge in [-0.05, 0) is 38.5 Å². The highest BCUT2D eigenvalue weighted by molar-refractivity contribution is 6.44. The van der Waals surface area contributed by atoms with E-state index in [2.05, 4.69) is 6.07 Å². The normalized spacial score (nSPS) is 17.5. The summed E-state index contributed by atoms with van der Waals surface area (Å²) >= 11 is 11.9. The molecule has 0 amide bonds. The highest BCUT2D eigenvalue weighted by Crippen LogP contribution is 2.39. The number of nitriles is 1. The third kappa shape index (κ3) is 8.24. The van der Waals surface area contributed by atoms with Gasteiger partial charge in [0, 0.05) is 5.92 Å². The Kier molecular flexibility index (Phi) is 11.5. The molecule has 0 fully saturated rings. The Morgan fingerprint density at radius 3 is 2.07 bits per heavy atom. The Hall–Kier alpha value is -1.52. The number of methoxy groups -OCH3 is 2. The van der Waals surface area contributed by atoms with Crippen molar-refractivity contribution in [3.63, 3.8) is 0 Å². The van der Waals surface area contributed by atoms with Crippen LogP contribution in [-0.4, -0.2) is 42.1 Å². The van der Waals surface area contributed by atoms with Crippen LogP contribution in [0.5, 0.6) is 0 Å². The minimum Gasteiger partial charge on any atom is -0.481 e. The van der Waals surface area contributed by atoms with Gasteiger partial charge in [-0.3, -0.25) is 14.4 Å². The molecule has 5 unspecified atom stereocenters. The lowest BCUT2D eigenvalue weighted by Crippen LogP contribution is -2.37. The molecule has 0 saturated carbocycles. The predicted octanol–water partition coefficient (Wildman–Crippen LogP) is 3.82. The van der Waals surface area contributed by atoms with Crippen LogP contribution in [0.3, 0.4) is 0 Å². The fourth-order valence-corrected chi connectivity index (χ4v) is 3.52. The number of hydrogen-bond donors (Lipinski definition) is 1. The molecule has 0 spiro atoms. The van der Waals surface area contributed by atoms with Gasteiger partial charge in [-0.15, -0.1) is 23.2 Å². The van der Waals surface area contributed by atoms with Crippen molar-refractivity contribution in [2.75, 3.05) is 14.2 Å². The monoisotopic (exact) mass is 437 g/mol. The van der Waals surface area contributed by atoms with E-state index in [1.165, 1.54) is 21.1 Å². The van der Waals surface area contributed by atoms with Crippen LogP contribution in [0.25, 0.3) is 0 Å². The molecule has 0 aromatic rings. The number of aliphatic carboxylic acids is 1. The van der Waals surface area contributed by atoms with Crippen molar-refractivity contribution in [2.45, 2.75) is 51.3 Å². The fourth-order valence-electron chi connectivity index (χ4n) is 3.34. The van der Waals surface area contributed by atoms with Crippen molar-refractivity contribution in [1.82, 2.24) is 0 Å². The Bertz CT molecular complexity index is 591. The van der Waals surface area contributed by atoms with E-state index >= 15 is 0 Å². The number of rotatable bonds is 12. The van der Waals surface area contributed by atoms with E-state index in [1.807, 2.05) is 0 Å². The van der Waals surface area contributed by atoms with Crippen LogP contribution in [0, 0.1) is 40.4 Å². The Morgan fingerprint density at radius 1 is 1.11 bits per heavy atom. The second-order valence-electron chi connectivity index (χ2n) is 7.53. The van der Waals surface area contributed by atoms with Crippen LogP contribution < -0.4 is 0 Å². The maximum Gasteiger partial charge on any atom is 0.311 e. The smallest absolute Gasteiger partial charge is 0.311 e. The van der Waals surface area contributed by atoms with Crippen molar-refractivity contribution in [1.29, 1.82) is 5.26 Å². The zero-order valence-electron chi connectivity index (χ0n) is 16.9. The Labute approximate surface area is 176 Å². The number of carboxylic acids is 1. The zero-order chi connectivity index (χ0) is 22.1. The molecule has 28 heavy (non-hydrogen) atoms. The van der Waals surface area contributed by atoms with Crippen LogP contribution in [0.15, 0.2) is 0 Å². The van der Waals surface area contributed by atoms with E-state index in [0.29, 0.717) is 0 Å². The number of nitrogens with zero attached hydrogens (tertiary/aromatic N) is 1. The molecule has 0 rings (SSSR count). The molecule has 160 valence electrons. The first-order valence-electron chi connectivity index (χ1n) is 8.98. The predicted molar refractivity (Wildman–Crippen MR) is 105 cm³/mol. The van der Waals surface area contributed by atoms with Crippen LogP contribution in [-0.2, 0) is 23.9 Å². The molecule has 0 aromatic carbocycles. The molecule has 0 saturated heterocycles. The molecule has 0 bridgehead atoms. The minimum absolute atomic E-state index is 0.0663. The van der Waals surface area contributed by atoms with Crippen LogP contribution >= 0.6 is 23.2 Å². The number of alkyl halides is 2. The molecule has 0 heterocycles. The second-order valence-corrected chi connectivity index (χ2v) is 8.69. The van der Waals surface area contributed by atoms with E-state index in [0.717, 1.165) is 0 Å². The maximum absolute atomic E-state index is 12.5. The van der Waals surface area contributed by atoms with Crippen molar-refractivity contribution < 1.29 is 29.0 Å². The Balaban J connectivity index is 5.60. The van der Waals surface area contributed by atoms with E-state index in [1.54, 1.807) is 13.8 Å². The summed E-state index contributed by atoms with van der Waals surface area (Å²) in [6, 6.07) is 2.06. The van der Waals surface area contributed by atoms with E-state index < -0.39 is 45.9 Å². The van der Waals surface area contributed by atoms with Gasteiger partial charge in [0.25, 0.3) is 0 Å². The molecule has 0 radical (unpaired) electrons. The number of hydrogen-bond acceptors (Lipinski definition) is 6. The molecular formula is C19H29Cl2NO6. The topological polar surface area (TPSA) is 114 Å². The first-order valence-corrected chi connectivity index (χ1v) is 9.85. The molecule has 1 N–H and O–H groups in total. The first-order chi connectivity index (χ1) is 12.9. The molecule has 0 aliphatic carbocycles. The highest BCUT2D eigenvalue weighted by Gasteiger charge is 2.42. The number of esters is 2. The van der Waals surface area contributed by atoms with Gasteiger partial charge in [0.05, 0.1) is 37.5 Å². The van der Waals surface area contributed by atoms with Crippen molar-refractivity contribution in [3.05, 3.63) is 0 Å². The zero-order valence-corrected chi connectivity index (χ0v) is 18.4. The standard InChI is InChI=1S/C19H29Cl2NO6/c1-11(16(23)24)6-13(10-22)7-14(17(25)27-4)9-19(3,18(26)28-5)8-12(2)15(20)21/h11-15H,6-9H2,1-5H3,(H,23,24). The van der Waals surface area contributed by atoms with E-state index in [-0.39, 0.29) is 31.6 Å². The van der Waals surface area contributed by atoms with Gasteiger partial charge in [-0.25, -0.2) is 0 Å². The Morgan fingerprint density at radius 2 is 1.68 bits per heavy atom. The number of halogens is 2. The number of carbonyl (C=O) groups is 3. The van der Waals surface area contributed by atoms with E-state index in [4.69, 9.17) is 37.8 Å². The number of ether oxygens (including phenoxy) is 2. The summed E-state index contributed by atoms with van der Waals surface area (Å²) in [5, 5.41) is 18.5. The van der Waals surface area contributed by atoms with Gasteiger partial charge in [0.1, 0.15) is 4.84 Å². The summed E-state index contributed by atoms with van der Waals surface area (Å²) in [7, 11) is 2.48. The summed E-state index contributed by atoms with van der Waals surface area (Å²) in [5.74, 6) is -4.54. The summed E-state index contributed by atoms with van der Waals surface area (Å²) in [4.78, 5) is 35.2. The quantitative estimate of drug-likeness (QED) is 0.364. The molecule has 7 nitrogen and oxygen atoms in total. The average Bonchev–Trinajstić information content (AvgIpc) is 2.64. The third-order valence-corrected chi connectivity index (χ3v) is 5.78. The van der Waals surface area contributed by atoms with Crippen molar-refractivity contribution in [3.8, 4) is 6.07 Å². The van der Waals surface area contributed by atoms with Crippen LogP contribution in [0.1, 0.15) is 46.5 Å². The molecule has 0 aliphatic rings. The largest absolute Gasteiger partial charge is 0.481 e. The summed E-state index contributed by atoms with van der Waals surface area (Å²) in [6.45, 7) is 4.94. The average molecular weight is 438 g/mol. The lowest BCUT2D eigenvalue weighted by Gasteiger charge is -2.33. The lowest BCUT2D eigenvalue weighted by molar-refractivity contribution is -0.157. The van der Waals surface area contributed by atoms with Gasteiger partial charge < -0.3 is 14.6 Å². The number of carbonyl (C=O) groups excluding carboxylic acids is 2. The van der Waals surface area contributed by atoms with Gasteiger partial charge in [-0.1, -0.05) is 13.8 Å². The summed E-state index contributed by atoms with van der Waals surface area (Å²) in [5.41, 5.74) is -1.08.